The van der Waals surface area contributed by atoms with Crippen molar-refractivity contribution in [2.45, 2.75) is 46.6 Å². The number of piperidine rings is 1. The average Bonchev–Trinajstić information content (AvgIpc) is 2.75. The Balaban J connectivity index is 1.67. The number of nitrogens with zero attached hydrogens (tertiary/aromatic N) is 3. The fraction of sp³-hybridized carbons (Fsp3) is 0.708. The van der Waals surface area contributed by atoms with Crippen molar-refractivity contribution >= 4 is 5.96 Å². The third-order valence-electron chi connectivity index (χ3n) is 6.08. The van der Waals surface area contributed by atoms with Gasteiger partial charge in [0, 0.05) is 39.3 Å². The lowest BCUT2D eigenvalue weighted by Crippen LogP contribution is -2.45. The second kappa shape index (κ2) is 10.9. The van der Waals surface area contributed by atoms with Crippen LogP contribution in [0.4, 0.5) is 0 Å². The molecule has 3 rings (SSSR count). The highest BCUT2D eigenvalue weighted by atomic mass is 16.5. The third-order valence-corrected chi connectivity index (χ3v) is 6.08. The second-order valence-electron chi connectivity index (χ2n) is 9.00. The minimum atomic E-state index is 0.660. The molecule has 6 heteroatoms. The number of fused-ring (bicyclic) bond motifs is 1. The standard InChI is InChI=1S/C24H40N4O2/c1-6-25-24(26-14-19-8-7-10-27(16-19)15-18(2)3)28-11-9-20-12-22(29-4)23(30-5)13-21(20)17-28/h12-13,18-19H,6-11,14-17H2,1-5H3,(H,25,26). The molecule has 0 saturated carbocycles. The Bertz CT molecular complexity index is 719. The molecule has 0 spiro atoms. The highest BCUT2D eigenvalue weighted by molar-refractivity contribution is 5.80. The van der Waals surface area contributed by atoms with Crippen LogP contribution in [-0.2, 0) is 13.0 Å². The van der Waals surface area contributed by atoms with Crippen molar-refractivity contribution in [3.05, 3.63) is 23.3 Å². The van der Waals surface area contributed by atoms with Crippen molar-refractivity contribution in [1.82, 2.24) is 15.1 Å². The average molecular weight is 417 g/mol. The maximum Gasteiger partial charge on any atom is 0.194 e. The minimum Gasteiger partial charge on any atom is -0.493 e. The number of methoxy groups -OCH3 is 2. The molecular weight excluding hydrogens is 376 g/mol. The molecule has 30 heavy (non-hydrogen) atoms. The minimum absolute atomic E-state index is 0.660. The van der Waals surface area contributed by atoms with Gasteiger partial charge >= 0.3 is 0 Å². The van der Waals surface area contributed by atoms with E-state index in [4.69, 9.17) is 14.5 Å². The molecule has 1 fully saturated rings. The van der Waals surface area contributed by atoms with Crippen LogP contribution in [0, 0.1) is 11.8 Å². The molecular formula is C24H40N4O2. The lowest BCUT2D eigenvalue weighted by Gasteiger charge is -2.34. The molecule has 6 nitrogen and oxygen atoms in total. The van der Waals surface area contributed by atoms with E-state index in [1.54, 1.807) is 14.2 Å². The number of benzene rings is 1. The molecule has 1 aromatic rings. The Morgan fingerprint density at radius 1 is 1.17 bits per heavy atom. The largest absolute Gasteiger partial charge is 0.493 e. The molecule has 1 saturated heterocycles. The number of likely N-dealkylation sites (tertiary alicyclic amines) is 1. The van der Waals surface area contributed by atoms with Crippen LogP contribution in [0.15, 0.2) is 17.1 Å². The Labute approximate surface area is 182 Å². The molecule has 2 aliphatic rings. The molecule has 0 amide bonds. The van der Waals surface area contributed by atoms with Crippen LogP contribution >= 0.6 is 0 Å². The highest BCUT2D eigenvalue weighted by Crippen LogP contribution is 2.33. The van der Waals surface area contributed by atoms with Crippen LogP contribution in [0.25, 0.3) is 0 Å². The molecule has 2 heterocycles. The third kappa shape index (κ3) is 5.81. The topological polar surface area (TPSA) is 49.3 Å². The number of guanidine groups is 1. The molecule has 0 bridgehead atoms. The number of nitrogens with one attached hydrogen (secondary N) is 1. The van der Waals surface area contributed by atoms with E-state index >= 15 is 0 Å². The zero-order valence-corrected chi connectivity index (χ0v) is 19.5. The van der Waals surface area contributed by atoms with Gasteiger partial charge in [-0.05, 0) is 67.8 Å². The summed E-state index contributed by atoms with van der Waals surface area (Å²) in [4.78, 5) is 10.1. The van der Waals surface area contributed by atoms with Crippen LogP contribution in [0.3, 0.4) is 0 Å². The number of hydrogen-bond donors (Lipinski definition) is 1. The van der Waals surface area contributed by atoms with Crippen LogP contribution in [0.5, 0.6) is 11.5 Å². The Morgan fingerprint density at radius 2 is 1.90 bits per heavy atom. The van der Waals surface area contributed by atoms with E-state index in [2.05, 4.69) is 48.0 Å². The summed E-state index contributed by atoms with van der Waals surface area (Å²) in [5.41, 5.74) is 2.64. The molecule has 0 aliphatic carbocycles. The van der Waals surface area contributed by atoms with Crippen LogP contribution in [0.1, 0.15) is 44.7 Å². The van der Waals surface area contributed by atoms with Gasteiger partial charge in [-0.2, -0.15) is 0 Å². The van der Waals surface area contributed by atoms with E-state index in [1.807, 2.05) is 0 Å². The van der Waals surface area contributed by atoms with Crippen LogP contribution in [-0.4, -0.2) is 69.2 Å². The van der Waals surface area contributed by atoms with Gasteiger partial charge in [-0.1, -0.05) is 13.8 Å². The number of aliphatic imine (C=N–C) groups is 1. The molecule has 0 aromatic heterocycles. The maximum absolute atomic E-state index is 5.52. The summed E-state index contributed by atoms with van der Waals surface area (Å²) in [6.45, 7) is 14.0. The summed E-state index contributed by atoms with van der Waals surface area (Å²) >= 11 is 0. The summed E-state index contributed by atoms with van der Waals surface area (Å²) in [7, 11) is 3.39. The van der Waals surface area contributed by atoms with Gasteiger partial charge in [0.2, 0.25) is 0 Å². The van der Waals surface area contributed by atoms with Gasteiger partial charge in [-0.25, -0.2) is 0 Å². The Hall–Kier alpha value is -1.95. The van der Waals surface area contributed by atoms with Gasteiger partial charge in [-0.15, -0.1) is 0 Å². The van der Waals surface area contributed by atoms with Crippen molar-refractivity contribution in [2.75, 3.05) is 53.5 Å². The molecule has 0 radical (unpaired) electrons. The van der Waals surface area contributed by atoms with E-state index in [9.17, 15) is 0 Å². The predicted molar refractivity (Wildman–Crippen MR) is 124 cm³/mol. The molecule has 1 atom stereocenters. The summed E-state index contributed by atoms with van der Waals surface area (Å²) in [5.74, 6) is 4.04. The Morgan fingerprint density at radius 3 is 2.57 bits per heavy atom. The highest BCUT2D eigenvalue weighted by Gasteiger charge is 2.23. The number of ether oxygens (including phenoxy) is 2. The van der Waals surface area contributed by atoms with Crippen LogP contribution < -0.4 is 14.8 Å². The first kappa shape index (κ1) is 22.7. The summed E-state index contributed by atoms with van der Waals surface area (Å²) in [6.07, 6.45) is 3.57. The zero-order chi connectivity index (χ0) is 21.5. The molecule has 168 valence electrons. The maximum atomic E-state index is 5.52. The SMILES string of the molecule is CCNC(=NCC1CCCN(CC(C)C)C1)N1CCc2cc(OC)c(OC)cc2C1. The second-order valence-corrected chi connectivity index (χ2v) is 9.00. The van der Waals surface area contributed by atoms with Gasteiger partial charge in [0.05, 0.1) is 14.2 Å². The molecule has 1 unspecified atom stereocenters. The molecule has 1 N–H and O–H groups in total. The van der Waals surface area contributed by atoms with Gasteiger partial charge in [0.1, 0.15) is 0 Å². The Kier molecular flexibility index (Phi) is 8.25. The fourth-order valence-corrected chi connectivity index (χ4v) is 4.69. The van der Waals surface area contributed by atoms with E-state index in [0.717, 1.165) is 56.0 Å². The normalized spacial score (nSPS) is 20.3. The van der Waals surface area contributed by atoms with E-state index in [-0.39, 0.29) is 0 Å². The van der Waals surface area contributed by atoms with Crippen molar-refractivity contribution < 1.29 is 9.47 Å². The zero-order valence-electron chi connectivity index (χ0n) is 19.5. The van der Waals surface area contributed by atoms with Gasteiger partial charge < -0.3 is 24.6 Å². The lowest BCUT2D eigenvalue weighted by molar-refractivity contribution is 0.161. The van der Waals surface area contributed by atoms with Crippen molar-refractivity contribution in [3.8, 4) is 11.5 Å². The van der Waals surface area contributed by atoms with E-state index in [1.165, 1.54) is 43.6 Å². The first-order chi connectivity index (χ1) is 14.5. The van der Waals surface area contributed by atoms with Crippen molar-refractivity contribution in [1.29, 1.82) is 0 Å². The van der Waals surface area contributed by atoms with Gasteiger partial charge in [0.25, 0.3) is 0 Å². The van der Waals surface area contributed by atoms with E-state index < -0.39 is 0 Å². The first-order valence-corrected chi connectivity index (χ1v) is 11.5. The van der Waals surface area contributed by atoms with E-state index in [0.29, 0.717) is 5.92 Å². The molecule has 1 aromatic carbocycles. The monoisotopic (exact) mass is 416 g/mol. The summed E-state index contributed by atoms with van der Waals surface area (Å²) in [6, 6.07) is 4.25. The summed E-state index contributed by atoms with van der Waals surface area (Å²) in [5, 5.41) is 3.52. The number of hydrogen-bond acceptors (Lipinski definition) is 4. The molecule has 2 aliphatic heterocycles. The van der Waals surface area contributed by atoms with Gasteiger partial charge in [-0.3, -0.25) is 4.99 Å². The van der Waals surface area contributed by atoms with Crippen molar-refractivity contribution in [3.63, 3.8) is 0 Å². The first-order valence-electron chi connectivity index (χ1n) is 11.5. The van der Waals surface area contributed by atoms with Gasteiger partial charge in [0.15, 0.2) is 17.5 Å². The quantitative estimate of drug-likeness (QED) is 0.545. The predicted octanol–water partition coefficient (Wildman–Crippen LogP) is 3.40. The van der Waals surface area contributed by atoms with Crippen molar-refractivity contribution in [2.24, 2.45) is 16.8 Å². The van der Waals surface area contributed by atoms with Crippen LogP contribution in [0.2, 0.25) is 0 Å². The number of rotatable bonds is 7. The fourth-order valence-electron chi connectivity index (χ4n) is 4.69. The summed E-state index contributed by atoms with van der Waals surface area (Å²) < 4.78 is 11.0. The lowest BCUT2D eigenvalue weighted by atomic mass is 9.97. The smallest absolute Gasteiger partial charge is 0.194 e.